The van der Waals surface area contributed by atoms with Crippen LogP contribution >= 0.6 is 0 Å². The van der Waals surface area contributed by atoms with Crippen LogP contribution in [0.1, 0.15) is 22.5 Å². The predicted octanol–water partition coefficient (Wildman–Crippen LogP) is 3.33. The lowest BCUT2D eigenvalue weighted by atomic mass is 10.1. The Morgan fingerprint density at radius 1 is 1.14 bits per heavy atom. The van der Waals surface area contributed by atoms with Crippen LogP contribution in [0, 0.1) is 19.7 Å². The van der Waals surface area contributed by atoms with Gasteiger partial charge in [0.25, 0.3) is 0 Å². The molecule has 0 aliphatic carbocycles. The quantitative estimate of drug-likeness (QED) is 0.801. The van der Waals surface area contributed by atoms with E-state index in [2.05, 4.69) is 4.98 Å². The van der Waals surface area contributed by atoms with E-state index in [-0.39, 0.29) is 12.4 Å². The molecular formula is C17H17FN2O. The summed E-state index contributed by atoms with van der Waals surface area (Å²) in [5.41, 5.74) is 4.65. The fourth-order valence-corrected chi connectivity index (χ4v) is 2.52. The first-order chi connectivity index (χ1) is 10.1. The molecule has 0 atom stereocenters. The number of aliphatic hydroxyl groups is 1. The minimum atomic E-state index is -0.243. The molecule has 0 unspecified atom stereocenters. The summed E-state index contributed by atoms with van der Waals surface area (Å²) in [4.78, 5) is 4.45. The molecule has 3 nitrogen and oxygen atoms in total. The van der Waals surface area contributed by atoms with Gasteiger partial charge in [-0.2, -0.15) is 0 Å². The zero-order chi connectivity index (χ0) is 15.0. The summed E-state index contributed by atoms with van der Waals surface area (Å²) in [6.45, 7) is 4.26. The fourth-order valence-electron chi connectivity index (χ4n) is 2.52. The first-order valence-corrected chi connectivity index (χ1v) is 6.91. The summed E-state index contributed by atoms with van der Waals surface area (Å²) in [6, 6.07) is 10.7. The molecule has 0 fully saturated rings. The number of nitrogens with zero attached hydrogens (tertiary/aromatic N) is 2. The highest BCUT2D eigenvalue weighted by Crippen LogP contribution is 2.22. The Morgan fingerprint density at radius 2 is 1.86 bits per heavy atom. The smallest absolute Gasteiger partial charge is 0.136 e. The Balaban J connectivity index is 2.16. The van der Waals surface area contributed by atoms with Crippen molar-refractivity contribution in [2.45, 2.75) is 27.0 Å². The number of fused-ring (bicyclic) bond motifs is 1. The molecule has 0 saturated heterocycles. The third-order valence-electron chi connectivity index (χ3n) is 3.87. The van der Waals surface area contributed by atoms with Gasteiger partial charge in [-0.05, 0) is 43.2 Å². The Kier molecular flexibility index (Phi) is 3.47. The van der Waals surface area contributed by atoms with Gasteiger partial charge in [0.15, 0.2) is 0 Å². The topological polar surface area (TPSA) is 38.1 Å². The molecule has 2 aromatic carbocycles. The van der Waals surface area contributed by atoms with Gasteiger partial charge in [-0.15, -0.1) is 0 Å². The van der Waals surface area contributed by atoms with Crippen LogP contribution in [0.5, 0.6) is 0 Å². The van der Waals surface area contributed by atoms with Crippen molar-refractivity contribution in [3.63, 3.8) is 0 Å². The van der Waals surface area contributed by atoms with Gasteiger partial charge >= 0.3 is 0 Å². The highest BCUT2D eigenvalue weighted by molar-refractivity contribution is 5.78. The van der Waals surface area contributed by atoms with E-state index in [0.29, 0.717) is 17.9 Å². The highest BCUT2D eigenvalue weighted by atomic mass is 19.1. The fraction of sp³-hybridized carbons (Fsp3) is 0.235. The molecule has 0 aliphatic rings. The molecule has 1 aromatic heterocycles. The highest BCUT2D eigenvalue weighted by Gasteiger charge is 2.13. The lowest BCUT2D eigenvalue weighted by Gasteiger charge is -2.09. The molecule has 0 saturated carbocycles. The maximum Gasteiger partial charge on any atom is 0.136 e. The summed E-state index contributed by atoms with van der Waals surface area (Å²) in [6.07, 6.45) is 0. The lowest BCUT2D eigenvalue weighted by molar-refractivity contribution is 0.267. The molecule has 0 spiro atoms. The van der Waals surface area contributed by atoms with Crippen LogP contribution in [0.2, 0.25) is 0 Å². The maximum atomic E-state index is 13.9. The van der Waals surface area contributed by atoms with Crippen molar-refractivity contribution in [2.75, 3.05) is 0 Å². The zero-order valence-corrected chi connectivity index (χ0v) is 12.1. The predicted molar refractivity (Wildman–Crippen MR) is 80.6 cm³/mol. The number of halogens is 1. The standard InChI is InChI=1S/C17H17FN2O/c1-11-7-15-16(8-12(11)2)20(17(10-21)19-15)9-13-5-3-4-6-14(13)18/h3-8,21H,9-10H2,1-2H3. The molecule has 0 radical (unpaired) electrons. The molecule has 4 heteroatoms. The lowest BCUT2D eigenvalue weighted by Crippen LogP contribution is -2.06. The van der Waals surface area contributed by atoms with Gasteiger partial charge in [0.2, 0.25) is 0 Å². The van der Waals surface area contributed by atoms with Crippen LogP contribution in [0.4, 0.5) is 4.39 Å². The van der Waals surface area contributed by atoms with Crippen molar-refractivity contribution in [2.24, 2.45) is 0 Å². The number of benzene rings is 2. The van der Waals surface area contributed by atoms with Crippen molar-refractivity contribution < 1.29 is 9.50 Å². The molecule has 1 heterocycles. The van der Waals surface area contributed by atoms with E-state index in [1.807, 2.05) is 36.6 Å². The van der Waals surface area contributed by atoms with Crippen molar-refractivity contribution >= 4 is 11.0 Å². The normalized spacial score (nSPS) is 11.2. The van der Waals surface area contributed by atoms with E-state index >= 15 is 0 Å². The summed E-state index contributed by atoms with van der Waals surface area (Å²) in [5, 5.41) is 9.53. The second kappa shape index (κ2) is 5.30. The molecular weight excluding hydrogens is 267 g/mol. The van der Waals surface area contributed by atoms with E-state index in [4.69, 9.17) is 0 Å². The molecule has 21 heavy (non-hydrogen) atoms. The van der Waals surface area contributed by atoms with Crippen molar-refractivity contribution in [3.05, 3.63) is 64.7 Å². The summed E-state index contributed by atoms with van der Waals surface area (Å²) < 4.78 is 15.7. The van der Waals surface area contributed by atoms with Crippen LogP contribution in [0.25, 0.3) is 11.0 Å². The molecule has 1 N–H and O–H groups in total. The number of aryl methyl sites for hydroxylation is 2. The average molecular weight is 284 g/mol. The summed E-state index contributed by atoms with van der Waals surface area (Å²) in [5.74, 6) is 0.310. The SMILES string of the molecule is Cc1cc2nc(CO)n(Cc3ccccc3F)c2cc1C. The largest absolute Gasteiger partial charge is 0.388 e. The van der Waals surface area contributed by atoms with E-state index in [1.54, 1.807) is 12.1 Å². The van der Waals surface area contributed by atoms with Gasteiger partial charge in [0.1, 0.15) is 18.2 Å². The number of hydrogen-bond acceptors (Lipinski definition) is 2. The van der Waals surface area contributed by atoms with E-state index in [9.17, 15) is 9.50 Å². The van der Waals surface area contributed by atoms with Crippen LogP contribution in [0.15, 0.2) is 36.4 Å². The zero-order valence-electron chi connectivity index (χ0n) is 12.1. The number of aliphatic hydroxyl groups excluding tert-OH is 1. The minimum Gasteiger partial charge on any atom is -0.388 e. The van der Waals surface area contributed by atoms with E-state index in [1.165, 1.54) is 6.07 Å². The first kappa shape index (κ1) is 13.8. The Labute approximate surface area is 122 Å². The number of hydrogen-bond donors (Lipinski definition) is 1. The maximum absolute atomic E-state index is 13.9. The van der Waals surface area contributed by atoms with Crippen molar-refractivity contribution in [1.82, 2.24) is 9.55 Å². The van der Waals surface area contributed by atoms with Crippen LogP contribution < -0.4 is 0 Å². The van der Waals surface area contributed by atoms with Crippen LogP contribution in [-0.4, -0.2) is 14.7 Å². The third-order valence-corrected chi connectivity index (χ3v) is 3.87. The minimum absolute atomic E-state index is 0.165. The Morgan fingerprint density at radius 3 is 2.57 bits per heavy atom. The van der Waals surface area contributed by atoms with E-state index < -0.39 is 0 Å². The number of imidazole rings is 1. The molecule has 108 valence electrons. The number of aromatic nitrogens is 2. The monoisotopic (exact) mass is 284 g/mol. The Hall–Kier alpha value is -2.20. The second-order valence-electron chi connectivity index (χ2n) is 5.29. The second-order valence-corrected chi connectivity index (χ2v) is 5.29. The van der Waals surface area contributed by atoms with E-state index in [0.717, 1.165) is 22.2 Å². The third kappa shape index (κ3) is 2.43. The van der Waals surface area contributed by atoms with Gasteiger partial charge in [-0.25, -0.2) is 9.37 Å². The van der Waals surface area contributed by atoms with Gasteiger partial charge < -0.3 is 9.67 Å². The Bertz CT molecular complexity index is 808. The van der Waals surface area contributed by atoms with Gasteiger partial charge in [-0.1, -0.05) is 18.2 Å². The average Bonchev–Trinajstić information content (AvgIpc) is 2.79. The van der Waals surface area contributed by atoms with Crippen LogP contribution in [-0.2, 0) is 13.2 Å². The van der Waals surface area contributed by atoms with Gasteiger partial charge in [-0.3, -0.25) is 0 Å². The van der Waals surface area contributed by atoms with Crippen molar-refractivity contribution in [3.8, 4) is 0 Å². The molecule has 0 aliphatic heterocycles. The first-order valence-electron chi connectivity index (χ1n) is 6.91. The van der Waals surface area contributed by atoms with Gasteiger partial charge in [0, 0.05) is 5.56 Å². The van der Waals surface area contributed by atoms with Gasteiger partial charge in [0.05, 0.1) is 17.6 Å². The summed E-state index contributed by atoms with van der Waals surface area (Å²) in [7, 11) is 0. The van der Waals surface area contributed by atoms with Crippen LogP contribution in [0.3, 0.4) is 0 Å². The molecule has 3 aromatic rings. The molecule has 0 bridgehead atoms. The number of rotatable bonds is 3. The van der Waals surface area contributed by atoms with Crippen molar-refractivity contribution in [1.29, 1.82) is 0 Å². The summed E-state index contributed by atoms with van der Waals surface area (Å²) >= 11 is 0. The molecule has 0 amide bonds. The molecule has 3 rings (SSSR count).